The van der Waals surface area contributed by atoms with E-state index in [1.807, 2.05) is 24.3 Å². The third kappa shape index (κ3) is 4.16. The van der Waals surface area contributed by atoms with Gasteiger partial charge in [0.15, 0.2) is 0 Å². The maximum atomic E-state index is 5.77. The first-order valence-electron chi connectivity index (χ1n) is 8.08. The maximum absolute atomic E-state index is 5.77. The molecule has 0 saturated heterocycles. The van der Waals surface area contributed by atoms with Gasteiger partial charge in [0, 0.05) is 24.4 Å². The van der Waals surface area contributed by atoms with E-state index in [1.165, 1.54) is 6.33 Å². The van der Waals surface area contributed by atoms with Crippen LogP contribution in [-0.4, -0.2) is 26.2 Å². The molecule has 3 rings (SSSR count). The Morgan fingerprint density at radius 2 is 1.83 bits per heavy atom. The van der Waals surface area contributed by atoms with E-state index in [2.05, 4.69) is 34.0 Å². The van der Waals surface area contributed by atoms with E-state index in [9.17, 15) is 0 Å². The zero-order chi connectivity index (χ0) is 16.8. The van der Waals surface area contributed by atoms with Gasteiger partial charge in [-0.3, -0.25) is 0 Å². The van der Waals surface area contributed by atoms with Gasteiger partial charge in [0.1, 0.15) is 12.1 Å². The molecule has 3 aromatic rings. The highest BCUT2D eigenvalue weighted by Crippen LogP contribution is 2.21. The van der Waals surface area contributed by atoms with Crippen LogP contribution in [0.5, 0.6) is 5.75 Å². The standard InChI is InChI=1S/C18H20N4O2/c1-3-13(2)23-16-7-5-15(6-8-16)18-21-17(24-22-18)9-4-14-10-19-12-20-11-14/h5-8,10-13H,3-4,9H2,1-2H3. The average Bonchev–Trinajstić information content (AvgIpc) is 3.10. The molecule has 2 heterocycles. The lowest BCUT2D eigenvalue weighted by Gasteiger charge is -2.12. The largest absolute Gasteiger partial charge is 0.491 e. The van der Waals surface area contributed by atoms with Crippen LogP contribution in [0.3, 0.4) is 0 Å². The number of rotatable bonds is 7. The van der Waals surface area contributed by atoms with Gasteiger partial charge >= 0.3 is 0 Å². The van der Waals surface area contributed by atoms with Crippen molar-refractivity contribution in [3.05, 3.63) is 54.4 Å². The first kappa shape index (κ1) is 16.1. The SMILES string of the molecule is CCC(C)Oc1ccc(-c2noc(CCc3cncnc3)n2)cc1. The summed E-state index contributed by atoms with van der Waals surface area (Å²) in [7, 11) is 0. The first-order valence-corrected chi connectivity index (χ1v) is 8.08. The molecular weight excluding hydrogens is 304 g/mol. The summed E-state index contributed by atoms with van der Waals surface area (Å²) in [5, 5.41) is 4.05. The maximum Gasteiger partial charge on any atom is 0.227 e. The Bertz CT molecular complexity index is 756. The van der Waals surface area contributed by atoms with E-state index in [0.717, 1.165) is 29.7 Å². The molecule has 0 amide bonds. The Morgan fingerprint density at radius 1 is 1.08 bits per heavy atom. The highest BCUT2D eigenvalue weighted by atomic mass is 16.5. The van der Waals surface area contributed by atoms with Gasteiger partial charge in [-0.05, 0) is 49.6 Å². The van der Waals surface area contributed by atoms with Crippen molar-refractivity contribution in [3.63, 3.8) is 0 Å². The van der Waals surface area contributed by atoms with Gasteiger partial charge in [0.2, 0.25) is 11.7 Å². The number of ether oxygens (including phenoxy) is 1. The highest BCUT2D eigenvalue weighted by Gasteiger charge is 2.09. The molecular formula is C18H20N4O2. The van der Waals surface area contributed by atoms with Crippen molar-refractivity contribution in [1.29, 1.82) is 0 Å². The highest BCUT2D eigenvalue weighted by molar-refractivity contribution is 5.55. The Hall–Kier alpha value is -2.76. The molecule has 0 spiro atoms. The van der Waals surface area contributed by atoms with Crippen LogP contribution < -0.4 is 4.74 Å². The summed E-state index contributed by atoms with van der Waals surface area (Å²) in [5.74, 6) is 2.04. The van der Waals surface area contributed by atoms with Crippen molar-refractivity contribution in [1.82, 2.24) is 20.1 Å². The quantitative estimate of drug-likeness (QED) is 0.662. The Morgan fingerprint density at radius 3 is 2.54 bits per heavy atom. The summed E-state index contributed by atoms with van der Waals surface area (Å²) in [5.41, 5.74) is 1.95. The minimum Gasteiger partial charge on any atom is -0.491 e. The van der Waals surface area contributed by atoms with Crippen molar-refractivity contribution in [2.75, 3.05) is 0 Å². The van der Waals surface area contributed by atoms with Crippen molar-refractivity contribution in [2.24, 2.45) is 0 Å². The zero-order valence-corrected chi connectivity index (χ0v) is 13.8. The second kappa shape index (κ2) is 7.68. The van der Waals surface area contributed by atoms with Gasteiger partial charge in [0.25, 0.3) is 0 Å². The van der Waals surface area contributed by atoms with Crippen molar-refractivity contribution < 1.29 is 9.26 Å². The van der Waals surface area contributed by atoms with E-state index in [0.29, 0.717) is 18.1 Å². The Labute approximate surface area is 140 Å². The minimum atomic E-state index is 0.203. The second-order valence-electron chi connectivity index (χ2n) is 5.62. The molecule has 1 unspecified atom stereocenters. The molecule has 0 radical (unpaired) electrons. The predicted octanol–water partition coefficient (Wildman–Crippen LogP) is 3.49. The van der Waals surface area contributed by atoms with E-state index >= 15 is 0 Å². The molecule has 0 bridgehead atoms. The summed E-state index contributed by atoms with van der Waals surface area (Å²) >= 11 is 0. The van der Waals surface area contributed by atoms with E-state index in [4.69, 9.17) is 9.26 Å². The topological polar surface area (TPSA) is 73.9 Å². The van der Waals surface area contributed by atoms with Crippen molar-refractivity contribution in [2.45, 2.75) is 39.2 Å². The fourth-order valence-corrected chi connectivity index (χ4v) is 2.18. The number of nitrogens with zero attached hydrogens (tertiary/aromatic N) is 4. The second-order valence-corrected chi connectivity index (χ2v) is 5.62. The van der Waals surface area contributed by atoms with Crippen LogP contribution in [0.2, 0.25) is 0 Å². The number of hydrogen-bond donors (Lipinski definition) is 0. The molecule has 1 aromatic carbocycles. The van der Waals surface area contributed by atoms with Gasteiger partial charge in [0.05, 0.1) is 6.10 Å². The lowest BCUT2D eigenvalue weighted by Crippen LogP contribution is -2.09. The third-order valence-corrected chi connectivity index (χ3v) is 3.73. The lowest BCUT2D eigenvalue weighted by molar-refractivity contribution is 0.217. The molecule has 0 N–H and O–H groups in total. The van der Waals surface area contributed by atoms with E-state index in [1.54, 1.807) is 12.4 Å². The van der Waals surface area contributed by atoms with Crippen LogP contribution in [0.1, 0.15) is 31.7 Å². The summed E-state index contributed by atoms with van der Waals surface area (Å²) in [6, 6.07) is 7.74. The molecule has 0 aliphatic rings. The van der Waals surface area contributed by atoms with E-state index < -0.39 is 0 Å². The zero-order valence-electron chi connectivity index (χ0n) is 13.8. The van der Waals surface area contributed by atoms with E-state index in [-0.39, 0.29) is 6.10 Å². The smallest absolute Gasteiger partial charge is 0.227 e. The lowest BCUT2D eigenvalue weighted by atomic mass is 10.2. The summed E-state index contributed by atoms with van der Waals surface area (Å²) in [6.45, 7) is 4.15. The van der Waals surface area contributed by atoms with Gasteiger partial charge < -0.3 is 9.26 Å². The molecule has 2 aromatic heterocycles. The number of aromatic nitrogens is 4. The van der Waals surface area contributed by atoms with Crippen molar-refractivity contribution >= 4 is 0 Å². The summed E-state index contributed by atoms with van der Waals surface area (Å²) < 4.78 is 11.1. The summed E-state index contributed by atoms with van der Waals surface area (Å²) in [6.07, 6.45) is 7.71. The van der Waals surface area contributed by atoms with Crippen molar-refractivity contribution in [3.8, 4) is 17.1 Å². The Balaban J connectivity index is 1.62. The monoisotopic (exact) mass is 324 g/mol. The Kier molecular flexibility index (Phi) is 5.15. The number of benzene rings is 1. The molecule has 6 nitrogen and oxygen atoms in total. The van der Waals surface area contributed by atoms with Crippen LogP contribution >= 0.6 is 0 Å². The molecule has 124 valence electrons. The van der Waals surface area contributed by atoms with Crippen LogP contribution in [0.15, 0.2) is 47.5 Å². The van der Waals surface area contributed by atoms with Gasteiger partial charge in [-0.15, -0.1) is 0 Å². The summed E-state index contributed by atoms with van der Waals surface area (Å²) in [4.78, 5) is 12.4. The molecule has 0 aliphatic heterocycles. The average molecular weight is 324 g/mol. The van der Waals surface area contributed by atoms with Crippen LogP contribution in [0.4, 0.5) is 0 Å². The fraction of sp³-hybridized carbons (Fsp3) is 0.333. The number of aryl methyl sites for hydroxylation is 2. The molecule has 24 heavy (non-hydrogen) atoms. The third-order valence-electron chi connectivity index (χ3n) is 3.73. The normalized spacial score (nSPS) is 12.1. The van der Waals surface area contributed by atoms with Gasteiger partial charge in [-0.1, -0.05) is 12.1 Å². The minimum absolute atomic E-state index is 0.203. The van der Waals surface area contributed by atoms with Gasteiger partial charge in [-0.2, -0.15) is 4.98 Å². The fourth-order valence-electron chi connectivity index (χ4n) is 2.18. The molecule has 1 atom stereocenters. The van der Waals surface area contributed by atoms with Crippen LogP contribution in [-0.2, 0) is 12.8 Å². The molecule has 0 aliphatic carbocycles. The van der Waals surface area contributed by atoms with Crippen LogP contribution in [0.25, 0.3) is 11.4 Å². The predicted molar refractivity (Wildman–Crippen MR) is 89.6 cm³/mol. The molecule has 0 saturated carbocycles. The molecule has 6 heteroatoms. The van der Waals surface area contributed by atoms with Crippen LogP contribution in [0, 0.1) is 0 Å². The first-order chi connectivity index (χ1) is 11.7. The number of hydrogen-bond acceptors (Lipinski definition) is 6. The van der Waals surface area contributed by atoms with Gasteiger partial charge in [-0.25, -0.2) is 9.97 Å². The molecule has 0 fully saturated rings.